The number of benzene rings is 2. The number of anilines is 2. The zero-order valence-electron chi connectivity index (χ0n) is 17.2. The van der Waals surface area contributed by atoms with E-state index in [1.807, 2.05) is 31.2 Å². The van der Waals surface area contributed by atoms with Crippen LogP contribution in [0.4, 0.5) is 10.8 Å². The normalized spacial score (nSPS) is 16.8. The molecule has 1 saturated heterocycles. The van der Waals surface area contributed by atoms with Gasteiger partial charge in [-0.1, -0.05) is 23.5 Å². The van der Waals surface area contributed by atoms with Crippen LogP contribution in [0.5, 0.6) is 5.75 Å². The molecule has 1 aromatic heterocycles. The molecule has 5 nitrogen and oxygen atoms in total. The van der Waals surface area contributed by atoms with Gasteiger partial charge in [-0.25, -0.2) is 4.98 Å². The van der Waals surface area contributed by atoms with Crippen molar-refractivity contribution in [2.75, 3.05) is 29.9 Å². The fraction of sp³-hybridized carbons (Fsp3) is 0.391. The zero-order chi connectivity index (χ0) is 20.4. The van der Waals surface area contributed by atoms with E-state index in [1.54, 1.807) is 11.3 Å². The Bertz CT molecular complexity index is 1030. The molecule has 0 radical (unpaired) electrons. The Morgan fingerprint density at radius 1 is 1.31 bits per heavy atom. The summed E-state index contributed by atoms with van der Waals surface area (Å²) in [7, 11) is 0. The van der Waals surface area contributed by atoms with E-state index in [0.717, 1.165) is 51.7 Å². The molecule has 0 saturated carbocycles. The van der Waals surface area contributed by atoms with Crippen LogP contribution in [-0.4, -0.2) is 30.6 Å². The number of nitrogens with one attached hydrogen (secondary N) is 1. The van der Waals surface area contributed by atoms with Crippen molar-refractivity contribution in [1.82, 2.24) is 4.98 Å². The third-order valence-electron chi connectivity index (χ3n) is 5.58. The van der Waals surface area contributed by atoms with Crippen molar-refractivity contribution in [2.45, 2.75) is 33.6 Å². The van der Waals surface area contributed by atoms with E-state index < -0.39 is 0 Å². The molecule has 152 valence electrons. The van der Waals surface area contributed by atoms with E-state index in [4.69, 9.17) is 9.72 Å². The lowest BCUT2D eigenvalue weighted by molar-refractivity contribution is -0.120. The fourth-order valence-corrected chi connectivity index (χ4v) is 4.80. The molecule has 1 fully saturated rings. The number of hydrogen-bond donors (Lipinski definition) is 1. The first-order chi connectivity index (χ1) is 14.0. The molecule has 1 aliphatic rings. The van der Waals surface area contributed by atoms with Gasteiger partial charge in [0.05, 0.1) is 22.7 Å². The summed E-state index contributed by atoms with van der Waals surface area (Å²) in [5, 5.41) is 4.13. The van der Waals surface area contributed by atoms with E-state index >= 15 is 0 Å². The molecule has 1 unspecified atom stereocenters. The van der Waals surface area contributed by atoms with E-state index in [9.17, 15) is 4.79 Å². The number of aromatic nitrogens is 1. The molecule has 1 N–H and O–H groups in total. The number of carbonyl (C=O) groups excluding carboxylic acids is 1. The van der Waals surface area contributed by atoms with Crippen molar-refractivity contribution >= 4 is 38.3 Å². The summed E-state index contributed by atoms with van der Waals surface area (Å²) in [4.78, 5) is 20.0. The summed E-state index contributed by atoms with van der Waals surface area (Å²) in [6.45, 7) is 8.40. The van der Waals surface area contributed by atoms with Crippen LogP contribution in [0, 0.1) is 19.8 Å². The molecule has 4 rings (SSSR count). The first-order valence-corrected chi connectivity index (χ1v) is 11.0. The molecule has 1 atom stereocenters. The Kier molecular flexibility index (Phi) is 5.72. The summed E-state index contributed by atoms with van der Waals surface area (Å²) < 4.78 is 6.72. The maximum absolute atomic E-state index is 12.9. The Hall–Kier alpha value is -2.60. The Morgan fingerprint density at radius 2 is 2.17 bits per heavy atom. The van der Waals surface area contributed by atoms with E-state index in [2.05, 4.69) is 36.2 Å². The first-order valence-electron chi connectivity index (χ1n) is 10.2. The van der Waals surface area contributed by atoms with Gasteiger partial charge in [-0.15, -0.1) is 0 Å². The predicted octanol–water partition coefficient (Wildman–Crippen LogP) is 5.17. The molecular weight excluding hydrogens is 382 g/mol. The maximum Gasteiger partial charge on any atom is 0.229 e. The monoisotopic (exact) mass is 409 g/mol. The number of nitrogens with zero attached hydrogens (tertiary/aromatic N) is 2. The van der Waals surface area contributed by atoms with Crippen LogP contribution in [-0.2, 0) is 4.79 Å². The van der Waals surface area contributed by atoms with Crippen molar-refractivity contribution in [3.63, 3.8) is 0 Å². The third-order valence-corrected chi connectivity index (χ3v) is 6.66. The van der Waals surface area contributed by atoms with Crippen LogP contribution in [0.25, 0.3) is 10.2 Å². The van der Waals surface area contributed by atoms with E-state index in [0.29, 0.717) is 13.2 Å². The van der Waals surface area contributed by atoms with Gasteiger partial charge in [0.15, 0.2) is 5.13 Å². The lowest BCUT2D eigenvalue weighted by Crippen LogP contribution is -2.40. The molecular formula is C23H27N3O2S. The van der Waals surface area contributed by atoms with Crippen molar-refractivity contribution in [3.8, 4) is 5.75 Å². The van der Waals surface area contributed by atoms with Crippen molar-refractivity contribution in [1.29, 1.82) is 0 Å². The highest BCUT2D eigenvalue weighted by Gasteiger charge is 2.28. The summed E-state index contributed by atoms with van der Waals surface area (Å²) in [6.07, 6.45) is 1.90. The molecule has 1 aliphatic heterocycles. The Balaban J connectivity index is 1.48. The molecule has 0 aliphatic carbocycles. The minimum Gasteiger partial charge on any atom is -0.494 e. The van der Waals surface area contributed by atoms with Crippen LogP contribution in [0.2, 0.25) is 0 Å². The molecule has 29 heavy (non-hydrogen) atoms. The minimum atomic E-state index is -0.0327. The van der Waals surface area contributed by atoms with Crippen molar-refractivity contribution < 1.29 is 9.53 Å². The van der Waals surface area contributed by atoms with Gasteiger partial charge in [-0.3, -0.25) is 4.79 Å². The fourth-order valence-electron chi connectivity index (χ4n) is 3.77. The number of amides is 1. The standard InChI is InChI=1S/C23H27N3O2S/c1-4-28-18-10-11-20-21(13-18)29-23(25-20)26-12-6-8-17(14-26)22(27)24-19-9-5-7-15(2)16(19)3/h5,7,9-11,13,17H,4,6,8,12,14H2,1-3H3,(H,24,27). The topological polar surface area (TPSA) is 54.5 Å². The number of hydrogen-bond acceptors (Lipinski definition) is 5. The molecule has 1 amide bonds. The molecule has 2 heterocycles. The maximum atomic E-state index is 12.9. The lowest BCUT2D eigenvalue weighted by atomic mass is 9.97. The summed E-state index contributed by atoms with van der Waals surface area (Å²) in [6, 6.07) is 12.1. The Labute approximate surface area is 175 Å². The largest absolute Gasteiger partial charge is 0.494 e. The quantitative estimate of drug-likeness (QED) is 0.632. The second-order valence-corrected chi connectivity index (χ2v) is 8.59. The van der Waals surface area contributed by atoms with Crippen LogP contribution in [0.15, 0.2) is 36.4 Å². The first kappa shape index (κ1) is 19.7. The van der Waals surface area contributed by atoms with Crippen LogP contribution >= 0.6 is 11.3 Å². The number of thiazole rings is 1. The second kappa shape index (κ2) is 8.41. The highest BCUT2D eigenvalue weighted by molar-refractivity contribution is 7.22. The second-order valence-electron chi connectivity index (χ2n) is 7.58. The van der Waals surface area contributed by atoms with Crippen molar-refractivity contribution in [2.24, 2.45) is 5.92 Å². The predicted molar refractivity (Wildman–Crippen MR) is 120 cm³/mol. The van der Waals surface area contributed by atoms with Crippen LogP contribution in [0.1, 0.15) is 30.9 Å². The summed E-state index contributed by atoms with van der Waals surface area (Å²) >= 11 is 1.67. The van der Waals surface area contributed by atoms with Gasteiger partial charge in [0.25, 0.3) is 0 Å². The van der Waals surface area contributed by atoms with Gasteiger partial charge >= 0.3 is 0 Å². The number of piperidine rings is 1. The number of ether oxygens (including phenoxy) is 1. The van der Waals surface area contributed by atoms with Gasteiger partial charge in [-0.2, -0.15) is 0 Å². The third kappa shape index (κ3) is 4.22. The number of rotatable bonds is 5. The minimum absolute atomic E-state index is 0.0327. The lowest BCUT2D eigenvalue weighted by Gasteiger charge is -2.31. The zero-order valence-corrected chi connectivity index (χ0v) is 18.0. The van der Waals surface area contributed by atoms with Gasteiger partial charge in [0.1, 0.15) is 5.75 Å². The van der Waals surface area contributed by atoms with Gasteiger partial charge < -0.3 is 15.0 Å². The summed E-state index contributed by atoms with van der Waals surface area (Å²) in [5.74, 6) is 0.942. The Morgan fingerprint density at radius 3 is 3.00 bits per heavy atom. The van der Waals surface area contributed by atoms with Crippen LogP contribution < -0.4 is 15.0 Å². The summed E-state index contributed by atoms with van der Waals surface area (Å²) in [5.41, 5.74) is 4.21. The van der Waals surface area contributed by atoms with Gasteiger partial charge in [0, 0.05) is 18.8 Å². The molecule has 0 spiro atoms. The smallest absolute Gasteiger partial charge is 0.229 e. The SMILES string of the molecule is CCOc1ccc2nc(N3CCCC(C(=O)Nc4cccc(C)c4C)C3)sc2c1. The van der Waals surface area contributed by atoms with Crippen molar-refractivity contribution in [3.05, 3.63) is 47.5 Å². The molecule has 2 aromatic carbocycles. The highest BCUT2D eigenvalue weighted by atomic mass is 32.1. The molecule has 3 aromatic rings. The number of aryl methyl sites for hydroxylation is 1. The molecule has 6 heteroatoms. The van der Waals surface area contributed by atoms with Gasteiger partial charge in [0.2, 0.25) is 5.91 Å². The number of fused-ring (bicyclic) bond motifs is 1. The average Bonchev–Trinajstić information content (AvgIpc) is 3.15. The van der Waals surface area contributed by atoms with Crippen LogP contribution in [0.3, 0.4) is 0 Å². The molecule has 0 bridgehead atoms. The highest BCUT2D eigenvalue weighted by Crippen LogP contribution is 2.34. The van der Waals surface area contributed by atoms with E-state index in [-0.39, 0.29) is 11.8 Å². The number of carbonyl (C=O) groups is 1. The van der Waals surface area contributed by atoms with Gasteiger partial charge in [-0.05, 0) is 69.0 Å². The average molecular weight is 410 g/mol. The van der Waals surface area contributed by atoms with E-state index in [1.165, 1.54) is 5.56 Å².